The van der Waals surface area contributed by atoms with Gasteiger partial charge < -0.3 is 30.2 Å². The summed E-state index contributed by atoms with van der Waals surface area (Å²) in [6.45, 7) is 7.09. The van der Waals surface area contributed by atoms with E-state index in [0.717, 1.165) is 11.1 Å². The maximum atomic E-state index is 13.6. The van der Waals surface area contributed by atoms with Crippen LogP contribution in [-0.2, 0) is 43.4 Å². The molecule has 0 fully saturated rings. The van der Waals surface area contributed by atoms with Crippen molar-refractivity contribution in [2.45, 2.75) is 77.9 Å². The molecule has 2 atom stereocenters. The molecule has 0 aliphatic carbocycles. The van der Waals surface area contributed by atoms with Crippen LogP contribution >= 0.6 is 0 Å². The van der Waals surface area contributed by atoms with Gasteiger partial charge in [0.05, 0.1) is 5.52 Å². The molecule has 264 valence electrons. The Hall–Kier alpha value is -5.65. The standard InChI is InChI=1S/C38H44N4O8/c1-26(40-37(47)49-25-28-16-9-6-10-17-28)34(44)42-23-29(30-18-11-12-19-32(30)42)22-31(35(45)48-24-27-14-7-5-8-15-27)41-33(43)20-13-21-39-36(46)50-38(2,3)4/h5-12,14-19,23,26,31H,13,20-22,24-25H2,1-4H3,(H,39,46)(H,40,47)(H,41,43)/t26-,31-/m0/s1. The lowest BCUT2D eigenvalue weighted by Crippen LogP contribution is -2.43. The van der Waals surface area contributed by atoms with Crippen LogP contribution in [0.25, 0.3) is 10.9 Å². The number of aromatic nitrogens is 1. The SMILES string of the molecule is C[C@H](NC(=O)OCc1ccccc1)C(=O)n1cc(C[C@H](NC(=O)CCCNC(=O)OC(C)(C)C)C(=O)OCc2ccccc2)c2ccccc21. The molecule has 3 N–H and O–H groups in total. The van der Waals surface area contributed by atoms with Crippen LogP contribution in [0.5, 0.6) is 0 Å². The van der Waals surface area contributed by atoms with Gasteiger partial charge >= 0.3 is 18.2 Å². The monoisotopic (exact) mass is 684 g/mol. The molecule has 0 bridgehead atoms. The number of amides is 3. The van der Waals surface area contributed by atoms with Crippen LogP contribution in [0.1, 0.15) is 62.0 Å². The predicted molar refractivity (Wildman–Crippen MR) is 187 cm³/mol. The van der Waals surface area contributed by atoms with Gasteiger partial charge in [0.2, 0.25) is 5.91 Å². The van der Waals surface area contributed by atoms with Gasteiger partial charge in [-0.25, -0.2) is 14.4 Å². The fraction of sp³-hybridized carbons (Fsp3) is 0.342. The Balaban J connectivity index is 1.45. The zero-order valence-electron chi connectivity index (χ0n) is 28.8. The van der Waals surface area contributed by atoms with Crippen molar-refractivity contribution in [2.75, 3.05) is 6.54 Å². The number of esters is 1. The van der Waals surface area contributed by atoms with Gasteiger partial charge in [-0.05, 0) is 56.9 Å². The molecule has 0 aliphatic rings. The van der Waals surface area contributed by atoms with Gasteiger partial charge in [-0.1, -0.05) is 78.9 Å². The van der Waals surface area contributed by atoms with E-state index in [1.807, 2.05) is 72.8 Å². The first-order valence-electron chi connectivity index (χ1n) is 16.5. The molecular formula is C38H44N4O8. The van der Waals surface area contributed by atoms with Crippen molar-refractivity contribution in [2.24, 2.45) is 0 Å². The molecule has 0 saturated heterocycles. The molecule has 3 aromatic carbocycles. The predicted octanol–water partition coefficient (Wildman–Crippen LogP) is 5.67. The van der Waals surface area contributed by atoms with Crippen molar-refractivity contribution in [3.63, 3.8) is 0 Å². The molecule has 0 spiro atoms. The van der Waals surface area contributed by atoms with Gasteiger partial charge in [-0.2, -0.15) is 0 Å². The number of carbonyl (C=O) groups is 5. The summed E-state index contributed by atoms with van der Waals surface area (Å²) in [4.78, 5) is 64.5. The first kappa shape index (κ1) is 37.2. The summed E-state index contributed by atoms with van der Waals surface area (Å²) in [6.07, 6.45) is 0.647. The average molecular weight is 685 g/mol. The van der Waals surface area contributed by atoms with Crippen LogP contribution < -0.4 is 16.0 Å². The molecule has 1 aromatic heterocycles. The molecule has 1 heterocycles. The molecule has 0 saturated carbocycles. The van der Waals surface area contributed by atoms with E-state index in [2.05, 4.69) is 16.0 Å². The summed E-state index contributed by atoms with van der Waals surface area (Å²) in [7, 11) is 0. The second-order valence-electron chi connectivity index (χ2n) is 12.8. The Morgan fingerprint density at radius 3 is 2.00 bits per heavy atom. The summed E-state index contributed by atoms with van der Waals surface area (Å²) in [5.41, 5.74) is 2.12. The van der Waals surface area contributed by atoms with Crippen molar-refractivity contribution in [1.82, 2.24) is 20.5 Å². The highest BCUT2D eigenvalue weighted by atomic mass is 16.6. The first-order chi connectivity index (χ1) is 23.9. The van der Waals surface area contributed by atoms with E-state index in [1.54, 1.807) is 46.0 Å². The number of fused-ring (bicyclic) bond motifs is 1. The minimum atomic E-state index is -1.08. The van der Waals surface area contributed by atoms with Crippen LogP contribution in [0.15, 0.2) is 91.1 Å². The lowest BCUT2D eigenvalue weighted by atomic mass is 10.0. The molecule has 4 aromatic rings. The lowest BCUT2D eigenvalue weighted by molar-refractivity contribution is -0.149. The molecule has 0 aliphatic heterocycles. The molecule has 4 rings (SSSR count). The zero-order valence-corrected chi connectivity index (χ0v) is 28.8. The lowest BCUT2D eigenvalue weighted by Gasteiger charge is -2.20. The van der Waals surface area contributed by atoms with E-state index in [0.29, 0.717) is 22.9 Å². The average Bonchev–Trinajstić information content (AvgIpc) is 3.45. The Morgan fingerprint density at radius 2 is 1.36 bits per heavy atom. The van der Waals surface area contributed by atoms with Gasteiger partial charge in [0.1, 0.15) is 30.9 Å². The van der Waals surface area contributed by atoms with Gasteiger partial charge in [0.15, 0.2) is 0 Å². The quantitative estimate of drug-likeness (QED) is 0.0872. The fourth-order valence-corrected chi connectivity index (χ4v) is 5.07. The largest absolute Gasteiger partial charge is 0.459 e. The Bertz CT molecular complexity index is 1770. The molecule has 12 heteroatoms. The number of hydrogen-bond donors (Lipinski definition) is 3. The van der Waals surface area contributed by atoms with Crippen LogP contribution in [0.2, 0.25) is 0 Å². The number of nitrogens with zero attached hydrogens (tertiary/aromatic N) is 1. The third-order valence-corrected chi connectivity index (χ3v) is 7.47. The number of benzene rings is 3. The molecule has 3 amide bonds. The van der Waals surface area contributed by atoms with E-state index in [1.165, 1.54) is 4.57 Å². The van der Waals surface area contributed by atoms with Crippen molar-refractivity contribution in [3.05, 3.63) is 108 Å². The molecule has 12 nitrogen and oxygen atoms in total. The van der Waals surface area contributed by atoms with Gasteiger partial charge in [-0.15, -0.1) is 0 Å². The number of nitrogens with one attached hydrogen (secondary N) is 3. The van der Waals surface area contributed by atoms with Gasteiger partial charge in [0.25, 0.3) is 5.91 Å². The number of rotatable bonds is 14. The third kappa shape index (κ3) is 11.5. The summed E-state index contributed by atoms with van der Waals surface area (Å²) >= 11 is 0. The van der Waals surface area contributed by atoms with Crippen molar-refractivity contribution >= 4 is 40.9 Å². The fourth-order valence-electron chi connectivity index (χ4n) is 5.07. The summed E-state index contributed by atoms with van der Waals surface area (Å²) in [5.74, 6) is -1.48. The van der Waals surface area contributed by atoms with Crippen molar-refractivity contribution < 1.29 is 38.2 Å². The van der Waals surface area contributed by atoms with Gasteiger partial charge in [0, 0.05) is 31.0 Å². The van der Waals surface area contributed by atoms with E-state index < -0.39 is 47.7 Å². The Kier molecular flexibility index (Phi) is 13.1. The normalized spacial score (nSPS) is 12.3. The highest BCUT2D eigenvalue weighted by molar-refractivity contribution is 5.98. The smallest absolute Gasteiger partial charge is 0.408 e. The van der Waals surface area contributed by atoms with Crippen molar-refractivity contribution in [3.8, 4) is 0 Å². The maximum absolute atomic E-state index is 13.6. The summed E-state index contributed by atoms with van der Waals surface area (Å²) < 4.78 is 17.5. The van der Waals surface area contributed by atoms with Gasteiger partial charge in [-0.3, -0.25) is 14.2 Å². The van der Waals surface area contributed by atoms with E-state index in [9.17, 15) is 24.0 Å². The maximum Gasteiger partial charge on any atom is 0.408 e. The van der Waals surface area contributed by atoms with E-state index in [4.69, 9.17) is 14.2 Å². The minimum Gasteiger partial charge on any atom is -0.459 e. The highest BCUT2D eigenvalue weighted by Crippen LogP contribution is 2.24. The molecule has 50 heavy (non-hydrogen) atoms. The van der Waals surface area contributed by atoms with Crippen molar-refractivity contribution in [1.29, 1.82) is 0 Å². The first-order valence-corrected chi connectivity index (χ1v) is 16.5. The van der Waals surface area contributed by atoms with Crippen LogP contribution in [0, 0.1) is 0 Å². The van der Waals surface area contributed by atoms with Crippen LogP contribution in [-0.4, -0.2) is 58.8 Å². The number of carbonyl (C=O) groups excluding carboxylic acids is 5. The molecule has 0 unspecified atom stereocenters. The van der Waals surface area contributed by atoms with Crippen LogP contribution in [0.3, 0.4) is 0 Å². The third-order valence-electron chi connectivity index (χ3n) is 7.47. The Morgan fingerprint density at radius 1 is 0.760 bits per heavy atom. The van der Waals surface area contributed by atoms with Crippen LogP contribution in [0.4, 0.5) is 9.59 Å². The Labute approximate surface area is 291 Å². The second-order valence-corrected chi connectivity index (χ2v) is 12.8. The zero-order chi connectivity index (χ0) is 36.1. The summed E-state index contributed by atoms with van der Waals surface area (Å²) in [6, 6.07) is 23.5. The number of hydrogen-bond acceptors (Lipinski definition) is 8. The summed E-state index contributed by atoms with van der Waals surface area (Å²) in [5, 5.41) is 8.67. The second kappa shape index (κ2) is 17.7. The number of alkyl carbamates (subject to hydrolysis) is 2. The van der Waals surface area contributed by atoms with E-state index >= 15 is 0 Å². The molecular weight excluding hydrogens is 640 g/mol. The number of para-hydroxylation sites is 1. The topological polar surface area (TPSA) is 154 Å². The highest BCUT2D eigenvalue weighted by Gasteiger charge is 2.27. The minimum absolute atomic E-state index is 0.00958. The van der Waals surface area contributed by atoms with E-state index in [-0.39, 0.29) is 32.6 Å². The number of ether oxygens (including phenoxy) is 3. The molecule has 0 radical (unpaired) electrons.